The molecule has 0 aliphatic heterocycles. The average molecular weight is 886 g/mol. The number of unbranched alkanes of at least 4 members (excludes halogenated alkanes) is 38. The summed E-state index contributed by atoms with van der Waals surface area (Å²) in [5.74, 6) is 0.886. The lowest BCUT2D eigenvalue weighted by atomic mass is 9.95. The minimum Gasteiger partial charge on any atom is -0.396 e. The van der Waals surface area contributed by atoms with E-state index in [0.29, 0.717) is 19.4 Å². The van der Waals surface area contributed by atoms with Gasteiger partial charge in [0.2, 0.25) is 0 Å². The van der Waals surface area contributed by atoms with Gasteiger partial charge in [0.05, 0.1) is 26.4 Å². The number of aliphatic hydroxyl groups is 5. The SMILES string of the molecule is CC(C)CCCCCCCCCCCCCCCO.CCCCCCCCCCCCCCCCC(O)(CO)COCC(O)(CO)CCCCCCCCCCCCCCCC. The normalized spacial score (nSPS) is 13.6. The molecule has 2 unspecified atom stereocenters. The van der Waals surface area contributed by atoms with Crippen molar-refractivity contribution in [2.45, 2.75) is 321 Å². The van der Waals surface area contributed by atoms with Crippen LogP contribution in [0.2, 0.25) is 0 Å². The molecule has 0 rings (SSSR count). The third kappa shape index (κ3) is 50.8. The second-order valence-corrected chi connectivity index (χ2v) is 20.5. The van der Waals surface area contributed by atoms with Crippen molar-refractivity contribution in [1.29, 1.82) is 0 Å². The van der Waals surface area contributed by atoms with Gasteiger partial charge in [-0.3, -0.25) is 0 Å². The Balaban J connectivity index is 0. The maximum absolute atomic E-state index is 10.8. The van der Waals surface area contributed by atoms with E-state index in [4.69, 9.17) is 9.84 Å². The molecule has 0 aromatic rings. The van der Waals surface area contributed by atoms with Crippen LogP contribution < -0.4 is 0 Å². The van der Waals surface area contributed by atoms with E-state index in [1.54, 1.807) is 0 Å². The zero-order valence-electron chi connectivity index (χ0n) is 42.9. The first-order valence-corrected chi connectivity index (χ1v) is 28.1. The Kier molecular flexibility index (Phi) is 53.3. The molecule has 376 valence electrons. The quantitative estimate of drug-likeness (QED) is 0.0389. The summed E-state index contributed by atoms with van der Waals surface area (Å²) in [6.07, 6.45) is 56.2. The predicted octanol–water partition coefficient (Wildman–Crippen LogP) is 16.3. The fourth-order valence-corrected chi connectivity index (χ4v) is 8.73. The van der Waals surface area contributed by atoms with Crippen molar-refractivity contribution in [2.75, 3.05) is 33.0 Å². The van der Waals surface area contributed by atoms with Gasteiger partial charge in [-0.25, -0.2) is 0 Å². The van der Waals surface area contributed by atoms with E-state index in [1.807, 2.05) is 0 Å². The molecule has 0 aliphatic carbocycles. The van der Waals surface area contributed by atoms with Gasteiger partial charge in [0, 0.05) is 6.61 Å². The largest absolute Gasteiger partial charge is 0.396 e. The summed E-state index contributed by atoms with van der Waals surface area (Å²) in [4.78, 5) is 0. The lowest BCUT2D eigenvalue weighted by molar-refractivity contribution is -0.129. The zero-order chi connectivity index (χ0) is 45.9. The molecule has 0 aromatic heterocycles. The number of hydrogen-bond donors (Lipinski definition) is 5. The molecule has 0 heterocycles. The first-order valence-electron chi connectivity index (χ1n) is 28.1. The van der Waals surface area contributed by atoms with Crippen molar-refractivity contribution in [3.05, 3.63) is 0 Å². The first-order chi connectivity index (χ1) is 30.2. The average Bonchev–Trinajstić information content (AvgIpc) is 3.27. The molecule has 0 spiro atoms. The van der Waals surface area contributed by atoms with Crippen LogP contribution in [0, 0.1) is 5.92 Å². The van der Waals surface area contributed by atoms with Gasteiger partial charge in [-0.05, 0) is 25.2 Å². The van der Waals surface area contributed by atoms with Gasteiger partial charge in [-0.1, -0.05) is 291 Å². The lowest BCUT2D eigenvalue weighted by Gasteiger charge is -2.30. The molecule has 0 bridgehead atoms. The summed E-state index contributed by atoms with van der Waals surface area (Å²) in [5.41, 5.74) is -2.55. The van der Waals surface area contributed by atoms with Crippen LogP contribution in [0.15, 0.2) is 0 Å². The Morgan fingerprint density at radius 1 is 0.323 bits per heavy atom. The molecular formula is C56H116O6. The highest BCUT2D eigenvalue weighted by molar-refractivity contribution is 4.81. The van der Waals surface area contributed by atoms with Gasteiger partial charge in [-0.15, -0.1) is 0 Å². The van der Waals surface area contributed by atoms with Crippen LogP contribution in [0.4, 0.5) is 0 Å². The van der Waals surface area contributed by atoms with E-state index in [-0.39, 0.29) is 26.4 Å². The van der Waals surface area contributed by atoms with Gasteiger partial charge < -0.3 is 30.3 Å². The summed E-state index contributed by atoms with van der Waals surface area (Å²) in [6, 6.07) is 0. The standard InChI is InChI=1S/C38H78O5.C18H38O/c1-3-5-7-9-11-13-15-17-19-21-23-25-27-29-31-37(41,33-39)35-43-36-38(42,34-40)32-30-28-26-24-22-20-18-16-14-12-10-8-6-4-2;1-18(2)16-14-12-10-8-6-4-3-5-7-9-11-13-15-17-19/h39-42H,3-36H2,1-2H3;18-19H,3-17H2,1-2H3. The minimum atomic E-state index is -1.28. The van der Waals surface area contributed by atoms with Crippen molar-refractivity contribution in [3.63, 3.8) is 0 Å². The second kappa shape index (κ2) is 51.7. The third-order valence-corrected chi connectivity index (χ3v) is 13.3. The van der Waals surface area contributed by atoms with Crippen LogP contribution in [-0.2, 0) is 4.74 Å². The fourth-order valence-electron chi connectivity index (χ4n) is 8.73. The number of aliphatic hydroxyl groups excluding tert-OH is 3. The maximum Gasteiger partial charge on any atom is 0.111 e. The molecule has 2 atom stereocenters. The summed E-state index contributed by atoms with van der Waals surface area (Å²) < 4.78 is 5.66. The molecule has 0 aliphatic rings. The van der Waals surface area contributed by atoms with Crippen molar-refractivity contribution in [1.82, 2.24) is 0 Å². The van der Waals surface area contributed by atoms with E-state index >= 15 is 0 Å². The molecule has 0 saturated carbocycles. The number of ether oxygens (including phenoxy) is 1. The third-order valence-electron chi connectivity index (χ3n) is 13.3. The topological polar surface area (TPSA) is 110 Å². The highest BCUT2D eigenvalue weighted by Gasteiger charge is 2.30. The molecular weight excluding hydrogens is 769 g/mol. The molecule has 0 saturated heterocycles. The van der Waals surface area contributed by atoms with E-state index in [2.05, 4.69) is 27.7 Å². The Morgan fingerprint density at radius 2 is 0.548 bits per heavy atom. The Hall–Kier alpha value is -0.240. The number of hydrogen-bond acceptors (Lipinski definition) is 6. The van der Waals surface area contributed by atoms with E-state index in [9.17, 15) is 20.4 Å². The molecule has 6 nitrogen and oxygen atoms in total. The highest BCUT2D eigenvalue weighted by Crippen LogP contribution is 2.22. The Bertz CT molecular complexity index is 763. The summed E-state index contributed by atoms with van der Waals surface area (Å²) >= 11 is 0. The van der Waals surface area contributed by atoms with Gasteiger partial charge in [0.15, 0.2) is 0 Å². The van der Waals surface area contributed by atoms with Gasteiger partial charge in [0.25, 0.3) is 0 Å². The van der Waals surface area contributed by atoms with Crippen LogP contribution >= 0.6 is 0 Å². The predicted molar refractivity (Wildman–Crippen MR) is 271 cm³/mol. The maximum atomic E-state index is 10.8. The molecule has 0 radical (unpaired) electrons. The molecule has 62 heavy (non-hydrogen) atoms. The van der Waals surface area contributed by atoms with Crippen molar-refractivity contribution >= 4 is 0 Å². The van der Waals surface area contributed by atoms with Crippen molar-refractivity contribution < 1.29 is 30.3 Å². The number of rotatable bonds is 51. The van der Waals surface area contributed by atoms with Crippen LogP contribution in [0.5, 0.6) is 0 Å². The smallest absolute Gasteiger partial charge is 0.111 e. The molecule has 5 N–H and O–H groups in total. The fraction of sp³-hybridized carbons (Fsp3) is 1.00. The van der Waals surface area contributed by atoms with E-state index in [0.717, 1.165) is 38.0 Å². The second-order valence-electron chi connectivity index (χ2n) is 20.5. The van der Waals surface area contributed by atoms with Gasteiger partial charge >= 0.3 is 0 Å². The summed E-state index contributed by atoms with van der Waals surface area (Å²) in [6.45, 7) is 8.84. The first kappa shape index (κ1) is 63.8. The van der Waals surface area contributed by atoms with Crippen molar-refractivity contribution in [3.8, 4) is 0 Å². The van der Waals surface area contributed by atoms with Gasteiger partial charge in [0.1, 0.15) is 11.2 Å². The zero-order valence-corrected chi connectivity index (χ0v) is 42.9. The van der Waals surface area contributed by atoms with Crippen LogP contribution in [0.3, 0.4) is 0 Å². The summed E-state index contributed by atoms with van der Waals surface area (Å²) in [7, 11) is 0. The monoisotopic (exact) mass is 885 g/mol. The molecule has 6 heteroatoms. The van der Waals surface area contributed by atoms with Crippen LogP contribution in [0.25, 0.3) is 0 Å². The lowest BCUT2D eigenvalue weighted by Crippen LogP contribution is -2.43. The molecule has 0 fully saturated rings. The Morgan fingerprint density at radius 3 is 0.774 bits per heavy atom. The Labute approximate surface area is 389 Å². The molecule has 0 amide bonds. The molecule has 0 aromatic carbocycles. The summed E-state index contributed by atoms with van der Waals surface area (Å²) in [5, 5.41) is 49.8. The van der Waals surface area contributed by atoms with Crippen LogP contribution in [-0.4, -0.2) is 69.8 Å². The van der Waals surface area contributed by atoms with Gasteiger partial charge in [-0.2, -0.15) is 0 Å². The van der Waals surface area contributed by atoms with E-state index in [1.165, 1.54) is 238 Å². The highest BCUT2D eigenvalue weighted by atomic mass is 16.5. The minimum absolute atomic E-state index is 0.0109. The van der Waals surface area contributed by atoms with E-state index < -0.39 is 11.2 Å². The van der Waals surface area contributed by atoms with Crippen molar-refractivity contribution in [2.24, 2.45) is 5.92 Å². The van der Waals surface area contributed by atoms with Crippen LogP contribution in [0.1, 0.15) is 310 Å².